The maximum absolute atomic E-state index is 12.9. The molecule has 1 unspecified atom stereocenters. The summed E-state index contributed by atoms with van der Waals surface area (Å²) < 4.78 is 0. The van der Waals surface area contributed by atoms with Gasteiger partial charge in [-0.15, -0.1) is 0 Å². The molecule has 1 atom stereocenters. The minimum atomic E-state index is -0.559. The molecular formula is C20H17Cl2N3O2. The third kappa shape index (κ3) is 4.41. The summed E-state index contributed by atoms with van der Waals surface area (Å²) in [5.74, 6) is -0.469. The van der Waals surface area contributed by atoms with Crippen LogP contribution in [0.4, 0.5) is 5.69 Å². The van der Waals surface area contributed by atoms with Crippen LogP contribution in [0.15, 0.2) is 42.5 Å². The van der Waals surface area contributed by atoms with Gasteiger partial charge in [-0.25, -0.2) is 0 Å². The number of piperidine rings is 1. The van der Waals surface area contributed by atoms with Gasteiger partial charge in [0.25, 0.3) is 5.91 Å². The van der Waals surface area contributed by atoms with Crippen molar-refractivity contribution in [2.24, 2.45) is 0 Å². The van der Waals surface area contributed by atoms with Crippen LogP contribution < -0.4 is 5.32 Å². The first-order chi connectivity index (χ1) is 13.0. The summed E-state index contributed by atoms with van der Waals surface area (Å²) in [5.41, 5.74) is 1.48. The second-order valence-corrected chi connectivity index (χ2v) is 7.13. The van der Waals surface area contributed by atoms with E-state index in [1.165, 1.54) is 0 Å². The van der Waals surface area contributed by atoms with E-state index in [-0.39, 0.29) is 11.8 Å². The predicted octanol–water partition coefficient (Wildman–Crippen LogP) is 4.50. The quantitative estimate of drug-likeness (QED) is 0.822. The largest absolute Gasteiger partial charge is 0.327 e. The van der Waals surface area contributed by atoms with Gasteiger partial charge in [0.15, 0.2) is 0 Å². The van der Waals surface area contributed by atoms with Gasteiger partial charge in [-0.3, -0.25) is 9.59 Å². The first-order valence-electron chi connectivity index (χ1n) is 8.56. The van der Waals surface area contributed by atoms with Crippen LogP contribution in [-0.2, 0) is 4.79 Å². The fourth-order valence-electron chi connectivity index (χ4n) is 3.10. The van der Waals surface area contributed by atoms with Crippen LogP contribution in [0.2, 0.25) is 10.0 Å². The number of anilines is 1. The number of hydrogen-bond donors (Lipinski definition) is 1. The van der Waals surface area contributed by atoms with Gasteiger partial charge in [0.05, 0.1) is 21.7 Å². The van der Waals surface area contributed by atoms with E-state index in [0.29, 0.717) is 39.8 Å². The van der Waals surface area contributed by atoms with Crippen LogP contribution in [0.3, 0.4) is 0 Å². The first-order valence-corrected chi connectivity index (χ1v) is 9.32. The molecule has 0 spiro atoms. The number of likely N-dealkylation sites (tertiary alicyclic amines) is 1. The Bertz CT molecular complexity index is 906. The Morgan fingerprint density at radius 1 is 1.07 bits per heavy atom. The average Bonchev–Trinajstić information content (AvgIpc) is 2.70. The molecule has 1 heterocycles. The molecule has 0 aromatic heterocycles. The number of amides is 2. The minimum absolute atomic E-state index is 0.214. The molecule has 3 rings (SSSR count). The molecule has 7 heteroatoms. The van der Waals surface area contributed by atoms with Gasteiger partial charge in [0, 0.05) is 17.8 Å². The number of hydrogen-bond acceptors (Lipinski definition) is 3. The summed E-state index contributed by atoms with van der Waals surface area (Å²) in [5, 5.41) is 12.5. The van der Waals surface area contributed by atoms with E-state index in [1.807, 2.05) is 6.07 Å². The van der Waals surface area contributed by atoms with Crippen molar-refractivity contribution in [3.8, 4) is 6.07 Å². The van der Waals surface area contributed by atoms with Crippen LogP contribution in [0.5, 0.6) is 0 Å². The second kappa shape index (κ2) is 8.43. The molecule has 1 fully saturated rings. The topological polar surface area (TPSA) is 73.2 Å². The SMILES string of the molecule is N#Cc1ccc(C(=O)N2CCCCC2C(=O)Nc2ccc(Cl)c(Cl)c2)cc1. The van der Waals surface area contributed by atoms with E-state index >= 15 is 0 Å². The van der Waals surface area contributed by atoms with Crippen molar-refractivity contribution in [1.82, 2.24) is 4.90 Å². The number of carbonyl (C=O) groups excluding carboxylic acids is 2. The van der Waals surface area contributed by atoms with Gasteiger partial charge in [0.2, 0.25) is 5.91 Å². The number of nitriles is 1. The molecule has 5 nitrogen and oxygen atoms in total. The van der Waals surface area contributed by atoms with Crippen LogP contribution in [0, 0.1) is 11.3 Å². The number of rotatable bonds is 3. The van der Waals surface area contributed by atoms with E-state index in [1.54, 1.807) is 47.4 Å². The van der Waals surface area contributed by atoms with Crippen molar-refractivity contribution < 1.29 is 9.59 Å². The molecule has 2 amide bonds. The Morgan fingerprint density at radius 3 is 2.48 bits per heavy atom. The van der Waals surface area contributed by atoms with E-state index in [0.717, 1.165) is 12.8 Å². The van der Waals surface area contributed by atoms with Crippen molar-refractivity contribution in [3.63, 3.8) is 0 Å². The van der Waals surface area contributed by atoms with Gasteiger partial charge in [-0.2, -0.15) is 5.26 Å². The van der Waals surface area contributed by atoms with Crippen molar-refractivity contribution in [2.75, 3.05) is 11.9 Å². The van der Waals surface area contributed by atoms with Crippen molar-refractivity contribution in [3.05, 3.63) is 63.6 Å². The number of halogens is 2. The fraction of sp³-hybridized carbons (Fsp3) is 0.250. The zero-order valence-electron chi connectivity index (χ0n) is 14.4. The highest BCUT2D eigenvalue weighted by atomic mass is 35.5. The second-order valence-electron chi connectivity index (χ2n) is 6.32. The van der Waals surface area contributed by atoms with Gasteiger partial charge in [-0.05, 0) is 61.7 Å². The van der Waals surface area contributed by atoms with Gasteiger partial charge in [-0.1, -0.05) is 23.2 Å². The molecule has 0 bridgehead atoms. The smallest absolute Gasteiger partial charge is 0.254 e. The normalized spacial score (nSPS) is 16.5. The highest BCUT2D eigenvalue weighted by Crippen LogP contribution is 2.26. The lowest BCUT2D eigenvalue weighted by molar-refractivity contribution is -0.121. The standard InChI is InChI=1S/C20H17Cl2N3O2/c21-16-9-8-15(11-17(16)22)24-19(26)18-3-1-2-10-25(18)20(27)14-6-4-13(12-23)5-7-14/h4-9,11,18H,1-3,10H2,(H,24,26). The Hall–Kier alpha value is -2.55. The van der Waals surface area contributed by atoms with E-state index in [2.05, 4.69) is 5.32 Å². The summed E-state index contributed by atoms with van der Waals surface area (Å²) in [7, 11) is 0. The molecule has 1 aliphatic rings. The molecule has 1 aliphatic heterocycles. The minimum Gasteiger partial charge on any atom is -0.327 e. The highest BCUT2D eigenvalue weighted by Gasteiger charge is 2.32. The summed E-state index contributed by atoms with van der Waals surface area (Å²) in [6.07, 6.45) is 2.31. The lowest BCUT2D eigenvalue weighted by Gasteiger charge is -2.34. The lowest BCUT2D eigenvalue weighted by atomic mass is 9.99. The molecule has 0 radical (unpaired) electrons. The first kappa shape index (κ1) is 19.2. The van der Waals surface area contributed by atoms with Crippen LogP contribution in [0.1, 0.15) is 35.2 Å². The van der Waals surface area contributed by atoms with Gasteiger partial charge < -0.3 is 10.2 Å². The monoisotopic (exact) mass is 401 g/mol. The summed E-state index contributed by atoms with van der Waals surface area (Å²) in [4.78, 5) is 27.3. The highest BCUT2D eigenvalue weighted by molar-refractivity contribution is 6.42. The average molecular weight is 402 g/mol. The third-order valence-corrected chi connectivity index (χ3v) is 5.25. The Balaban J connectivity index is 1.77. The maximum Gasteiger partial charge on any atom is 0.254 e. The summed E-state index contributed by atoms with van der Waals surface area (Å²) >= 11 is 11.9. The zero-order chi connectivity index (χ0) is 19.4. The molecule has 138 valence electrons. The number of nitrogens with one attached hydrogen (secondary N) is 1. The fourth-order valence-corrected chi connectivity index (χ4v) is 3.40. The summed E-state index contributed by atoms with van der Waals surface area (Å²) in [6.45, 7) is 0.512. The number of benzene rings is 2. The molecule has 27 heavy (non-hydrogen) atoms. The van der Waals surface area contributed by atoms with Crippen LogP contribution in [-0.4, -0.2) is 29.3 Å². The molecular weight excluding hydrogens is 385 g/mol. The lowest BCUT2D eigenvalue weighted by Crippen LogP contribution is -2.50. The Labute approximate surface area is 167 Å². The molecule has 1 N–H and O–H groups in total. The maximum atomic E-state index is 12.9. The molecule has 2 aromatic rings. The molecule has 2 aromatic carbocycles. The van der Waals surface area contributed by atoms with Crippen molar-refractivity contribution >= 4 is 40.7 Å². The number of carbonyl (C=O) groups is 2. The zero-order valence-corrected chi connectivity index (χ0v) is 15.9. The van der Waals surface area contributed by atoms with Crippen LogP contribution >= 0.6 is 23.2 Å². The Morgan fingerprint density at radius 2 is 1.81 bits per heavy atom. The van der Waals surface area contributed by atoms with Crippen molar-refractivity contribution in [2.45, 2.75) is 25.3 Å². The van der Waals surface area contributed by atoms with Crippen molar-refractivity contribution in [1.29, 1.82) is 5.26 Å². The van der Waals surface area contributed by atoms with E-state index < -0.39 is 6.04 Å². The van der Waals surface area contributed by atoms with E-state index in [9.17, 15) is 9.59 Å². The number of nitrogens with zero attached hydrogens (tertiary/aromatic N) is 2. The molecule has 0 saturated carbocycles. The van der Waals surface area contributed by atoms with Crippen LogP contribution in [0.25, 0.3) is 0 Å². The van der Waals surface area contributed by atoms with E-state index in [4.69, 9.17) is 28.5 Å². The third-order valence-electron chi connectivity index (χ3n) is 4.51. The predicted molar refractivity (Wildman–Crippen MR) is 105 cm³/mol. The Kier molecular flexibility index (Phi) is 6.00. The van der Waals surface area contributed by atoms with Gasteiger partial charge >= 0.3 is 0 Å². The van der Waals surface area contributed by atoms with Gasteiger partial charge in [0.1, 0.15) is 6.04 Å². The molecule has 0 aliphatic carbocycles. The summed E-state index contributed by atoms with van der Waals surface area (Å²) in [6, 6.07) is 12.8. The molecule has 1 saturated heterocycles.